The molecule has 1 saturated heterocycles. The van der Waals surface area contributed by atoms with E-state index in [9.17, 15) is 0 Å². The van der Waals surface area contributed by atoms with Crippen LogP contribution >= 0.6 is 15.9 Å². The van der Waals surface area contributed by atoms with E-state index >= 15 is 0 Å². The number of anilines is 1. The second-order valence-electron chi connectivity index (χ2n) is 4.03. The molecule has 2 heterocycles. The van der Waals surface area contributed by atoms with E-state index in [2.05, 4.69) is 44.9 Å². The smallest absolute Gasteiger partial charge is 0.128 e. The van der Waals surface area contributed by atoms with Gasteiger partial charge in [-0.25, -0.2) is 4.98 Å². The van der Waals surface area contributed by atoms with Crippen molar-refractivity contribution in [3.63, 3.8) is 0 Å². The lowest BCUT2D eigenvalue weighted by Gasteiger charge is -2.31. The first-order chi connectivity index (χ1) is 6.75. The number of hydrogen-bond donors (Lipinski definition) is 0. The number of pyridine rings is 1. The Morgan fingerprint density at radius 2 is 2.36 bits per heavy atom. The fourth-order valence-corrected chi connectivity index (χ4v) is 2.19. The lowest BCUT2D eigenvalue weighted by Crippen LogP contribution is -2.34. The first kappa shape index (κ1) is 9.97. The summed E-state index contributed by atoms with van der Waals surface area (Å²) in [7, 11) is 0. The highest BCUT2D eigenvalue weighted by molar-refractivity contribution is 9.10. The van der Waals surface area contributed by atoms with Crippen molar-refractivity contribution < 1.29 is 0 Å². The van der Waals surface area contributed by atoms with Crippen LogP contribution in [0.3, 0.4) is 0 Å². The number of piperidine rings is 1. The second-order valence-corrected chi connectivity index (χ2v) is 4.94. The molecule has 0 spiro atoms. The summed E-state index contributed by atoms with van der Waals surface area (Å²) in [5.41, 5.74) is 0. The molecule has 0 unspecified atom stereocenters. The molecule has 1 aliphatic heterocycles. The predicted molar refractivity (Wildman–Crippen MR) is 62.5 cm³/mol. The van der Waals surface area contributed by atoms with Crippen molar-refractivity contribution in [1.82, 2.24) is 4.98 Å². The fourth-order valence-electron chi connectivity index (χ4n) is 1.95. The normalized spacial score (nSPS) is 22.4. The van der Waals surface area contributed by atoms with Gasteiger partial charge in [0.15, 0.2) is 0 Å². The third-order valence-corrected chi connectivity index (χ3v) is 3.16. The number of hydrogen-bond acceptors (Lipinski definition) is 2. The number of halogens is 1. The molecule has 1 aliphatic rings. The number of aromatic nitrogens is 1. The minimum absolute atomic E-state index is 0.800. The van der Waals surface area contributed by atoms with Crippen LogP contribution in [-0.2, 0) is 0 Å². The number of rotatable bonds is 1. The molecule has 1 atom stereocenters. The summed E-state index contributed by atoms with van der Waals surface area (Å²) >= 11 is 3.40. The van der Waals surface area contributed by atoms with Crippen LogP contribution in [0.25, 0.3) is 0 Å². The second kappa shape index (κ2) is 4.30. The summed E-state index contributed by atoms with van der Waals surface area (Å²) in [4.78, 5) is 6.79. The Kier molecular flexibility index (Phi) is 3.06. The van der Waals surface area contributed by atoms with Crippen LogP contribution in [0.2, 0.25) is 0 Å². The molecule has 0 N–H and O–H groups in total. The quantitative estimate of drug-likeness (QED) is 0.766. The summed E-state index contributed by atoms with van der Waals surface area (Å²) in [5, 5.41) is 0. The van der Waals surface area contributed by atoms with E-state index in [1.165, 1.54) is 12.8 Å². The van der Waals surface area contributed by atoms with Crippen molar-refractivity contribution in [3.8, 4) is 0 Å². The van der Waals surface area contributed by atoms with Crippen LogP contribution in [0, 0.1) is 5.92 Å². The van der Waals surface area contributed by atoms with Gasteiger partial charge < -0.3 is 4.90 Å². The standard InChI is InChI=1S/C11H15BrN2/c1-9-3-2-6-14(8-9)11-5-4-10(12)7-13-11/h4-5,7,9H,2-3,6,8H2,1H3/t9-/m1/s1. The summed E-state index contributed by atoms with van der Waals surface area (Å²) in [6.07, 6.45) is 4.51. The van der Waals surface area contributed by atoms with Gasteiger partial charge in [0, 0.05) is 23.8 Å². The minimum Gasteiger partial charge on any atom is -0.356 e. The fraction of sp³-hybridized carbons (Fsp3) is 0.545. The molecule has 76 valence electrons. The van der Waals surface area contributed by atoms with Gasteiger partial charge in [-0.1, -0.05) is 6.92 Å². The summed E-state index contributed by atoms with van der Waals surface area (Å²) in [5.74, 6) is 1.91. The molecule has 14 heavy (non-hydrogen) atoms. The monoisotopic (exact) mass is 254 g/mol. The molecule has 1 fully saturated rings. The summed E-state index contributed by atoms with van der Waals surface area (Å²) in [6.45, 7) is 4.61. The SMILES string of the molecule is C[C@@H]1CCCN(c2ccc(Br)cn2)C1. The van der Waals surface area contributed by atoms with E-state index in [0.717, 1.165) is 29.3 Å². The molecule has 1 aromatic heterocycles. The largest absolute Gasteiger partial charge is 0.356 e. The zero-order valence-electron chi connectivity index (χ0n) is 8.41. The van der Waals surface area contributed by atoms with Crippen LogP contribution in [0.5, 0.6) is 0 Å². The van der Waals surface area contributed by atoms with Crippen LogP contribution in [0.4, 0.5) is 5.82 Å². The Morgan fingerprint density at radius 1 is 1.50 bits per heavy atom. The van der Waals surface area contributed by atoms with Crippen molar-refractivity contribution in [2.45, 2.75) is 19.8 Å². The first-order valence-electron chi connectivity index (χ1n) is 5.12. The Labute approximate surface area is 93.5 Å². The predicted octanol–water partition coefficient (Wildman–Crippen LogP) is 3.08. The zero-order valence-corrected chi connectivity index (χ0v) is 10.00. The van der Waals surface area contributed by atoms with E-state index in [0.29, 0.717) is 0 Å². The number of nitrogens with zero attached hydrogens (tertiary/aromatic N) is 2. The average molecular weight is 255 g/mol. The van der Waals surface area contributed by atoms with Crippen LogP contribution < -0.4 is 4.90 Å². The van der Waals surface area contributed by atoms with Crippen molar-refractivity contribution >= 4 is 21.7 Å². The molecule has 0 aliphatic carbocycles. The molecule has 0 aromatic carbocycles. The minimum atomic E-state index is 0.800. The maximum Gasteiger partial charge on any atom is 0.128 e. The van der Waals surface area contributed by atoms with Crippen molar-refractivity contribution in [1.29, 1.82) is 0 Å². The van der Waals surface area contributed by atoms with E-state index in [1.807, 2.05) is 6.20 Å². The molecule has 0 bridgehead atoms. The van der Waals surface area contributed by atoms with Gasteiger partial charge in [-0.15, -0.1) is 0 Å². The van der Waals surface area contributed by atoms with Crippen LogP contribution in [0.15, 0.2) is 22.8 Å². The van der Waals surface area contributed by atoms with Gasteiger partial charge in [0.25, 0.3) is 0 Å². The van der Waals surface area contributed by atoms with Gasteiger partial charge in [0.1, 0.15) is 5.82 Å². The Bertz CT molecular complexity index is 297. The zero-order chi connectivity index (χ0) is 9.97. The molecule has 2 rings (SSSR count). The molecule has 2 nitrogen and oxygen atoms in total. The molecule has 0 radical (unpaired) electrons. The highest BCUT2D eigenvalue weighted by Gasteiger charge is 2.16. The molecular formula is C11H15BrN2. The lowest BCUT2D eigenvalue weighted by molar-refractivity contribution is 0.444. The van der Waals surface area contributed by atoms with E-state index in [-0.39, 0.29) is 0 Å². The highest BCUT2D eigenvalue weighted by atomic mass is 79.9. The average Bonchev–Trinajstić information content (AvgIpc) is 2.19. The van der Waals surface area contributed by atoms with Gasteiger partial charge in [0.2, 0.25) is 0 Å². The summed E-state index contributed by atoms with van der Waals surface area (Å²) in [6, 6.07) is 4.14. The van der Waals surface area contributed by atoms with E-state index in [1.54, 1.807) is 0 Å². The Hall–Kier alpha value is -0.570. The highest BCUT2D eigenvalue weighted by Crippen LogP contribution is 2.21. The molecule has 0 saturated carbocycles. The molecule has 0 amide bonds. The van der Waals surface area contributed by atoms with Crippen molar-refractivity contribution in [2.24, 2.45) is 5.92 Å². The van der Waals surface area contributed by atoms with Gasteiger partial charge in [-0.2, -0.15) is 0 Å². The van der Waals surface area contributed by atoms with Gasteiger partial charge in [-0.05, 0) is 46.8 Å². The van der Waals surface area contributed by atoms with Crippen LogP contribution in [0.1, 0.15) is 19.8 Å². The molecule has 1 aromatic rings. The van der Waals surface area contributed by atoms with E-state index < -0.39 is 0 Å². The van der Waals surface area contributed by atoms with Crippen molar-refractivity contribution in [3.05, 3.63) is 22.8 Å². The maximum atomic E-state index is 4.42. The summed E-state index contributed by atoms with van der Waals surface area (Å²) < 4.78 is 1.05. The topological polar surface area (TPSA) is 16.1 Å². The lowest BCUT2D eigenvalue weighted by atomic mass is 10.0. The maximum absolute atomic E-state index is 4.42. The van der Waals surface area contributed by atoms with Crippen LogP contribution in [-0.4, -0.2) is 18.1 Å². The third-order valence-electron chi connectivity index (χ3n) is 2.69. The van der Waals surface area contributed by atoms with Gasteiger partial charge >= 0.3 is 0 Å². The van der Waals surface area contributed by atoms with Crippen molar-refractivity contribution in [2.75, 3.05) is 18.0 Å². The molecule has 3 heteroatoms. The molecular weight excluding hydrogens is 240 g/mol. The third kappa shape index (κ3) is 2.27. The van der Waals surface area contributed by atoms with Gasteiger partial charge in [0.05, 0.1) is 0 Å². The Balaban J connectivity index is 2.10. The van der Waals surface area contributed by atoms with Gasteiger partial charge in [-0.3, -0.25) is 0 Å². The first-order valence-corrected chi connectivity index (χ1v) is 5.91. The van der Waals surface area contributed by atoms with E-state index in [4.69, 9.17) is 0 Å². The Morgan fingerprint density at radius 3 is 3.00 bits per heavy atom.